The van der Waals surface area contributed by atoms with Crippen molar-refractivity contribution in [1.82, 2.24) is 26.0 Å². The first kappa shape index (κ1) is 60.1. The summed E-state index contributed by atoms with van der Waals surface area (Å²) in [6.45, 7) is 9.74. The van der Waals surface area contributed by atoms with Gasteiger partial charge in [-0.2, -0.15) is 0 Å². The molecule has 0 aromatic carbocycles. The van der Waals surface area contributed by atoms with E-state index in [4.69, 9.17) is 24.1 Å². The average Bonchev–Trinajstić information content (AvgIpc) is 3.23. The quantitative estimate of drug-likeness (QED) is 0.0229. The van der Waals surface area contributed by atoms with Crippen molar-refractivity contribution >= 4 is 60.2 Å². The van der Waals surface area contributed by atoms with Gasteiger partial charge in [-0.1, -0.05) is 97.4 Å². The van der Waals surface area contributed by atoms with Crippen molar-refractivity contribution in [3.8, 4) is 0 Å². The second-order valence-electron chi connectivity index (χ2n) is 14.2. The van der Waals surface area contributed by atoms with Gasteiger partial charge in [-0.15, -0.1) is 12.6 Å². The highest BCUT2D eigenvalue weighted by Crippen LogP contribution is 2.13. The van der Waals surface area contributed by atoms with Crippen molar-refractivity contribution in [2.45, 2.75) is 148 Å². The topological polar surface area (TPSA) is 240 Å². The summed E-state index contributed by atoms with van der Waals surface area (Å²) in [6, 6.07) is -1.12. The number of thiol groups is 2. The molecule has 356 valence electrons. The van der Waals surface area contributed by atoms with E-state index < -0.39 is 18.1 Å². The van der Waals surface area contributed by atoms with Gasteiger partial charge in [-0.25, -0.2) is 0 Å². The number of hydrogen-bond acceptors (Lipinski definition) is 13. The van der Waals surface area contributed by atoms with Crippen LogP contribution in [-0.4, -0.2) is 129 Å². The number of aliphatic hydroxyl groups excluding tert-OH is 1. The Morgan fingerprint density at radius 3 is 1.41 bits per heavy atom. The zero-order chi connectivity index (χ0) is 45.8. The molecule has 61 heavy (non-hydrogen) atoms. The van der Waals surface area contributed by atoms with Gasteiger partial charge >= 0.3 is 5.97 Å². The number of rotatable bonds is 43. The van der Waals surface area contributed by atoms with Crippen LogP contribution in [0.4, 0.5) is 0 Å². The highest BCUT2D eigenvalue weighted by atomic mass is 32.1. The Bertz CT molecular complexity index is 1170. The molecule has 0 spiro atoms. The largest absolute Gasteiger partial charge is 0.511 e. The van der Waals surface area contributed by atoms with Crippen molar-refractivity contribution < 1.29 is 57.9 Å². The molecule has 0 aromatic rings. The smallest absolute Gasteiger partial charge is 0.303 e. The third kappa shape index (κ3) is 43.5. The molecular formula is C42H79N5O12S2. The molecule has 0 heterocycles. The number of carbonyl (C=O) groups is 6. The van der Waals surface area contributed by atoms with Crippen LogP contribution in [0.15, 0.2) is 12.3 Å². The number of hydrogen-bond donors (Lipinski definition) is 9. The molecule has 0 aromatic heterocycles. The van der Waals surface area contributed by atoms with Gasteiger partial charge in [0.1, 0.15) is 19.0 Å². The van der Waals surface area contributed by atoms with Crippen molar-refractivity contribution in [2.75, 3.05) is 72.5 Å². The summed E-state index contributed by atoms with van der Waals surface area (Å²) in [5.41, 5.74) is 0. The predicted molar refractivity (Wildman–Crippen MR) is 243 cm³/mol. The number of carboxylic acid groups (broad SMARTS) is 1. The van der Waals surface area contributed by atoms with E-state index in [2.05, 4.69) is 58.0 Å². The van der Waals surface area contributed by atoms with Crippen LogP contribution in [0.25, 0.3) is 0 Å². The number of nitrogens with one attached hydrogen (secondary N) is 5. The molecule has 17 nitrogen and oxygen atoms in total. The summed E-state index contributed by atoms with van der Waals surface area (Å²) in [5, 5.41) is 29.2. The molecule has 0 fully saturated rings. The molecule has 0 saturated carbocycles. The zero-order valence-corrected chi connectivity index (χ0v) is 38.7. The van der Waals surface area contributed by atoms with E-state index in [1.807, 2.05) is 13.8 Å². The van der Waals surface area contributed by atoms with Crippen LogP contribution in [0.2, 0.25) is 0 Å². The lowest BCUT2D eigenvalue weighted by Crippen LogP contribution is -2.37. The molecule has 0 saturated heterocycles. The first-order chi connectivity index (χ1) is 29.5. The molecule has 0 bridgehead atoms. The first-order valence-corrected chi connectivity index (χ1v) is 23.0. The molecule has 0 aliphatic rings. The van der Waals surface area contributed by atoms with Gasteiger partial charge in [0.25, 0.3) is 0 Å². The molecule has 0 aliphatic heterocycles. The predicted octanol–water partition coefficient (Wildman–Crippen LogP) is 4.74. The molecule has 4 amide bonds. The third-order valence-electron chi connectivity index (χ3n) is 8.99. The number of carboxylic acids is 1. The molecule has 2 unspecified atom stereocenters. The molecule has 0 radical (unpaired) electrons. The van der Waals surface area contributed by atoms with E-state index in [1.54, 1.807) is 0 Å². The number of ether oxygens (including phenoxy) is 4. The Kier molecular flexibility index (Phi) is 44.5. The molecule has 7 N–H and O–H groups in total. The van der Waals surface area contributed by atoms with E-state index >= 15 is 0 Å². The van der Waals surface area contributed by atoms with Gasteiger partial charge in [0.15, 0.2) is 0 Å². The maximum Gasteiger partial charge on any atom is 0.303 e. The third-order valence-corrected chi connectivity index (χ3v) is 9.61. The molecule has 2 atom stereocenters. The highest BCUT2D eigenvalue weighted by molar-refractivity contribution is 7.96. The molecule has 0 rings (SSSR count). The maximum absolute atomic E-state index is 12.4. The summed E-state index contributed by atoms with van der Waals surface area (Å²) in [5.74, 6) is -1.89. The van der Waals surface area contributed by atoms with Crippen LogP contribution >= 0.6 is 25.4 Å². The van der Waals surface area contributed by atoms with Gasteiger partial charge < -0.3 is 50.4 Å². The summed E-state index contributed by atoms with van der Waals surface area (Å²) < 4.78 is 24.0. The number of unbranched alkanes of at least 4 members (excludes halogenated alkanes) is 12. The Labute approximate surface area is 375 Å². The molecule has 0 aliphatic carbocycles. The van der Waals surface area contributed by atoms with E-state index in [-0.39, 0.29) is 120 Å². The fourth-order valence-corrected chi connectivity index (χ4v) is 6.17. The minimum absolute atomic E-state index is 0.0894. The minimum Gasteiger partial charge on any atom is -0.511 e. The zero-order valence-electron chi connectivity index (χ0n) is 36.9. The van der Waals surface area contributed by atoms with Gasteiger partial charge in [0.2, 0.25) is 28.7 Å². The Morgan fingerprint density at radius 2 is 0.951 bits per heavy atom. The number of carbonyl (C=O) groups excluding carboxylic acids is 5. The van der Waals surface area contributed by atoms with Crippen molar-refractivity contribution in [3.05, 3.63) is 12.3 Å². The monoisotopic (exact) mass is 910 g/mol. The van der Waals surface area contributed by atoms with Crippen LogP contribution in [0.1, 0.15) is 136 Å². The lowest BCUT2D eigenvalue weighted by molar-refractivity contribution is -0.137. The Balaban J connectivity index is 0. The summed E-state index contributed by atoms with van der Waals surface area (Å²) >= 11 is 7.67. The maximum atomic E-state index is 12.4. The van der Waals surface area contributed by atoms with Crippen LogP contribution in [0.3, 0.4) is 0 Å². The van der Waals surface area contributed by atoms with Crippen molar-refractivity contribution in [1.29, 1.82) is 0 Å². The van der Waals surface area contributed by atoms with Crippen molar-refractivity contribution in [3.63, 3.8) is 0 Å². The summed E-state index contributed by atoms with van der Waals surface area (Å²) in [4.78, 5) is 70.1. The lowest BCUT2D eigenvalue weighted by Gasteiger charge is -2.17. The van der Waals surface area contributed by atoms with E-state index in [0.29, 0.717) is 25.8 Å². The molecule has 19 heteroatoms. The van der Waals surface area contributed by atoms with Gasteiger partial charge in [-0.05, 0) is 38.5 Å². The second kappa shape index (κ2) is 45.1. The SMILES string of the molecule is C=C(O)C(CCC(=O)NCCOCCOCC(=O)NCCOCCOCC(=O)NCCCCC(NS)C(=O)S)NC(=O)CCCCCCCCCCCCCCC(=O)O.CC. The second-order valence-corrected chi connectivity index (χ2v) is 14.9. The summed E-state index contributed by atoms with van der Waals surface area (Å²) in [7, 11) is 0. The van der Waals surface area contributed by atoms with Crippen LogP contribution in [0.5, 0.6) is 0 Å². The van der Waals surface area contributed by atoms with Gasteiger partial charge in [0, 0.05) is 38.9 Å². The average molecular weight is 910 g/mol. The van der Waals surface area contributed by atoms with Crippen LogP contribution < -0.4 is 26.0 Å². The van der Waals surface area contributed by atoms with Crippen molar-refractivity contribution in [2.24, 2.45) is 0 Å². The summed E-state index contributed by atoms with van der Waals surface area (Å²) in [6.07, 6.45) is 15.6. The normalized spacial score (nSPS) is 11.7. The first-order valence-electron chi connectivity index (χ1n) is 22.1. The Morgan fingerprint density at radius 1 is 0.508 bits per heavy atom. The van der Waals surface area contributed by atoms with Crippen LogP contribution in [0, 0.1) is 0 Å². The van der Waals surface area contributed by atoms with E-state index in [9.17, 15) is 33.9 Å². The van der Waals surface area contributed by atoms with E-state index in [1.165, 1.54) is 25.7 Å². The fraction of sp³-hybridized carbons (Fsp3) is 0.810. The van der Waals surface area contributed by atoms with Gasteiger partial charge in [0.05, 0.1) is 51.7 Å². The van der Waals surface area contributed by atoms with Crippen LogP contribution in [-0.2, 0) is 47.7 Å². The lowest BCUT2D eigenvalue weighted by atomic mass is 10.0. The molecular weight excluding hydrogens is 831 g/mol. The standard InChI is InChI=1S/C40H73N5O12S2.C2H6/c1-32(46)33(44-36(48)17-12-10-8-6-4-2-3-5-7-9-11-13-18-39(51)52)19-20-35(47)42-22-24-54-26-29-57-31-38(50)43-23-25-55-27-28-56-30-37(49)41-21-15-14-16-34(45-59)40(53)58;1-2/h33-34,45-46,59H,1-31H2,(H,41,49)(H,42,47)(H,43,50)(H,44,48)(H,51,52)(H,53,58);1-2H3. The van der Waals surface area contributed by atoms with Gasteiger partial charge in [-0.3, -0.25) is 33.5 Å². The minimum atomic E-state index is -0.720. The number of aliphatic carboxylic acids is 1. The highest BCUT2D eigenvalue weighted by Gasteiger charge is 2.17. The Hall–Kier alpha value is -2.94. The van der Waals surface area contributed by atoms with E-state index in [0.717, 1.165) is 57.8 Å². The number of amides is 4. The number of aliphatic hydroxyl groups is 1. The fourth-order valence-electron chi connectivity index (χ4n) is 5.62.